The molecule has 154 valence electrons. The number of halogens is 1. The van der Waals surface area contributed by atoms with Crippen molar-refractivity contribution in [1.82, 2.24) is 15.2 Å². The van der Waals surface area contributed by atoms with Crippen molar-refractivity contribution in [1.29, 1.82) is 0 Å². The van der Waals surface area contributed by atoms with E-state index in [2.05, 4.69) is 10.3 Å². The number of nitrogens with one attached hydrogen (secondary N) is 1. The second-order valence-electron chi connectivity index (χ2n) is 7.14. The SMILES string of the molecule is O=C(NCCCOc1cccnc1)C1CCC(=O)N(CCc2cccc(F)c2)C1. The Morgan fingerprint density at radius 1 is 1.31 bits per heavy atom. The third-order valence-corrected chi connectivity index (χ3v) is 4.95. The minimum absolute atomic E-state index is 0.0327. The quantitative estimate of drug-likeness (QED) is 0.658. The summed E-state index contributed by atoms with van der Waals surface area (Å²) in [4.78, 5) is 30.3. The number of pyridine rings is 1. The van der Waals surface area contributed by atoms with Crippen molar-refractivity contribution in [2.24, 2.45) is 5.92 Å². The number of hydrogen-bond acceptors (Lipinski definition) is 4. The zero-order valence-corrected chi connectivity index (χ0v) is 16.4. The maximum Gasteiger partial charge on any atom is 0.224 e. The fourth-order valence-corrected chi connectivity index (χ4v) is 3.35. The first kappa shape index (κ1) is 20.8. The first-order valence-electron chi connectivity index (χ1n) is 9.94. The summed E-state index contributed by atoms with van der Waals surface area (Å²) in [5.74, 6) is 0.236. The van der Waals surface area contributed by atoms with Gasteiger partial charge in [0, 0.05) is 32.3 Å². The van der Waals surface area contributed by atoms with Gasteiger partial charge in [-0.05, 0) is 49.1 Å². The number of hydrogen-bond donors (Lipinski definition) is 1. The smallest absolute Gasteiger partial charge is 0.224 e. The van der Waals surface area contributed by atoms with Crippen molar-refractivity contribution in [3.05, 3.63) is 60.2 Å². The van der Waals surface area contributed by atoms with E-state index < -0.39 is 0 Å². The zero-order chi connectivity index (χ0) is 20.5. The van der Waals surface area contributed by atoms with Crippen molar-refractivity contribution in [3.8, 4) is 5.75 Å². The van der Waals surface area contributed by atoms with E-state index in [0.717, 1.165) is 5.56 Å². The molecule has 1 atom stereocenters. The van der Waals surface area contributed by atoms with Gasteiger partial charge in [-0.15, -0.1) is 0 Å². The molecule has 0 aliphatic carbocycles. The third kappa shape index (κ3) is 6.55. The summed E-state index contributed by atoms with van der Waals surface area (Å²) in [6, 6.07) is 10.0. The van der Waals surface area contributed by atoms with Gasteiger partial charge in [0.1, 0.15) is 11.6 Å². The molecule has 1 unspecified atom stereocenters. The van der Waals surface area contributed by atoms with Crippen molar-refractivity contribution in [2.45, 2.75) is 25.7 Å². The lowest BCUT2D eigenvalue weighted by Gasteiger charge is -2.32. The molecule has 0 saturated carbocycles. The Kier molecular flexibility index (Phi) is 7.55. The van der Waals surface area contributed by atoms with Crippen molar-refractivity contribution < 1.29 is 18.7 Å². The summed E-state index contributed by atoms with van der Waals surface area (Å²) in [6.45, 7) is 1.92. The zero-order valence-electron chi connectivity index (χ0n) is 16.4. The van der Waals surface area contributed by atoms with Crippen LogP contribution in [0.3, 0.4) is 0 Å². The van der Waals surface area contributed by atoms with Crippen LogP contribution in [0, 0.1) is 11.7 Å². The second-order valence-corrected chi connectivity index (χ2v) is 7.14. The highest BCUT2D eigenvalue weighted by molar-refractivity contribution is 5.83. The van der Waals surface area contributed by atoms with Gasteiger partial charge in [0.2, 0.25) is 11.8 Å². The second kappa shape index (κ2) is 10.5. The number of carbonyl (C=O) groups excluding carboxylic acids is 2. The molecular formula is C22H26FN3O3. The van der Waals surface area contributed by atoms with Crippen LogP contribution < -0.4 is 10.1 Å². The average Bonchev–Trinajstić information content (AvgIpc) is 2.73. The lowest BCUT2D eigenvalue weighted by Crippen LogP contribution is -2.46. The highest BCUT2D eigenvalue weighted by atomic mass is 19.1. The van der Waals surface area contributed by atoms with E-state index in [9.17, 15) is 14.0 Å². The predicted molar refractivity (Wildman–Crippen MR) is 107 cm³/mol. The van der Waals surface area contributed by atoms with E-state index in [4.69, 9.17) is 4.74 Å². The van der Waals surface area contributed by atoms with Gasteiger partial charge < -0.3 is 15.0 Å². The molecule has 1 aliphatic rings. The number of rotatable bonds is 9. The number of piperidine rings is 1. The minimum Gasteiger partial charge on any atom is -0.492 e. The molecule has 0 spiro atoms. The van der Waals surface area contributed by atoms with Crippen LogP contribution in [0.2, 0.25) is 0 Å². The van der Waals surface area contributed by atoms with Gasteiger partial charge in [-0.2, -0.15) is 0 Å². The van der Waals surface area contributed by atoms with E-state index in [1.54, 1.807) is 23.4 Å². The third-order valence-electron chi connectivity index (χ3n) is 4.95. The largest absolute Gasteiger partial charge is 0.492 e. The fraction of sp³-hybridized carbons (Fsp3) is 0.409. The van der Waals surface area contributed by atoms with Crippen LogP contribution in [0.4, 0.5) is 4.39 Å². The molecule has 0 bridgehead atoms. The standard InChI is InChI=1S/C22H26FN3O3/c23-19-5-1-4-17(14-19)9-12-26-16-18(7-8-21(26)27)22(28)25-11-3-13-29-20-6-2-10-24-15-20/h1-2,4-6,10,14-15,18H,3,7-9,11-13,16H2,(H,25,28). The summed E-state index contributed by atoms with van der Waals surface area (Å²) in [5.41, 5.74) is 0.845. The number of benzene rings is 1. The van der Waals surface area contributed by atoms with Crippen LogP contribution in [0.1, 0.15) is 24.8 Å². The average molecular weight is 399 g/mol. The van der Waals surface area contributed by atoms with Crippen LogP contribution in [0.15, 0.2) is 48.8 Å². The lowest BCUT2D eigenvalue weighted by molar-refractivity contribution is -0.138. The molecule has 2 amide bonds. The highest BCUT2D eigenvalue weighted by Gasteiger charge is 2.29. The Hall–Kier alpha value is -2.96. The molecule has 1 N–H and O–H groups in total. The van der Waals surface area contributed by atoms with E-state index >= 15 is 0 Å². The number of ether oxygens (including phenoxy) is 1. The molecule has 29 heavy (non-hydrogen) atoms. The number of aromatic nitrogens is 1. The van der Waals surface area contributed by atoms with Gasteiger partial charge in [0.25, 0.3) is 0 Å². The van der Waals surface area contributed by atoms with E-state index in [1.165, 1.54) is 12.1 Å². The summed E-state index contributed by atoms with van der Waals surface area (Å²) in [6.07, 6.45) is 5.53. The van der Waals surface area contributed by atoms with Crippen LogP contribution >= 0.6 is 0 Å². The van der Waals surface area contributed by atoms with Crippen LogP contribution in [0.5, 0.6) is 5.75 Å². The molecule has 1 fully saturated rings. The molecule has 0 radical (unpaired) electrons. The van der Waals surface area contributed by atoms with Crippen LogP contribution in [-0.2, 0) is 16.0 Å². The van der Waals surface area contributed by atoms with Gasteiger partial charge in [-0.3, -0.25) is 14.6 Å². The van der Waals surface area contributed by atoms with Gasteiger partial charge in [0.15, 0.2) is 0 Å². The molecule has 1 aliphatic heterocycles. The number of likely N-dealkylation sites (tertiary alicyclic amines) is 1. The molecule has 6 nitrogen and oxygen atoms in total. The molecule has 1 aromatic carbocycles. The summed E-state index contributed by atoms with van der Waals surface area (Å²) in [7, 11) is 0. The summed E-state index contributed by atoms with van der Waals surface area (Å²) < 4.78 is 18.9. The van der Waals surface area contributed by atoms with Gasteiger partial charge in [-0.25, -0.2) is 4.39 Å². The maximum atomic E-state index is 13.3. The first-order chi connectivity index (χ1) is 14.1. The van der Waals surface area contributed by atoms with E-state index in [1.807, 2.05) is 18.2 Å². The Labute approximate surface area is 170 Å². The summed E-state index contributed by atoms with van der Waals surface area (Å²) in [5, 5.41) is 2.93. The maximum absolute atomic E-state index is 13.3. The van der Waals surface area contributed by atoms with E-state index in [0.29, 0.717) is 57.7 Å². The van der Waals surface area contributed by atoms with Crippen LogP contribution in [0.25, 0.3) is 0 Å². The van der Waals surface area contributed by atoms with Gasteiger partial charge in [-0.1, -0.05) is 12.1 Å². The number of amides is 2. The monoisotopic (exact) mass is 399 g/mol. The molecule has 2 aromatic rings. The molecule has 1 aromatic heterocycles. The topological polar surface area (TPSA) is 71.5 Å². The van der Waals surface area contributed by atoms with Crippen molar-refractivity contribution >= 4 is 11.8 Å². The van der Waals surface area contributed by atoms with Gasteiger partial charge >= 0.3 is 0 Å². The van der Waals surface area contributed by atoms with Gasteiger partial charge in [0.05, 0.1) is 18.7 Å². The minimum atomic E-state index is -0.280. The molecule has 1 saturated heterocycles. The predicted octanol–water partition coefficient (Wildman–Crippen LogP) is 2.59. The molecule has 2 heterocycles. The van der Waals surface area contributed by atoms with Crippen molar-refractivity contribution in [3.63, 3.8) is 0 Å². The Morgan fingerprint density at radius 2 is 2.21 bits per heavy atom. The van der Waals surface area contributed by atoms with E-state index in [-0.39, 0.29) is 23.5 Å². The molecule has 7 heteroatoms. The lowest BCUT2D eigenvalue weighted by atomic mass is 9.96. The normalized spacial score (nSPS) is 16.5. The van der Waals surface area contributed by atoms with Crippen molar-refractivity contribution in [2.75, 3.05) is 26.2 Å². The molecular weight excluding hydrogens is 373 g/mol. The fourth-order valence-electron chi connectivity index (χ4n) is 3.35. The Bertz CT molecular complexity index is 816. The first-order valence-corrected chi connectivity index (χ1v) is 9.94. The Morgan fingerprint density at radius 3 is 3.00 bits per heavy atom. The number of carbonyl (C=O) groups is 2. The highest BCUT2D eigenvalue weighted by Crippen LogP contribution is 2.18. The number of nitrogens with zero attached hydrogens (tertiary/aromatic N) is 2. The molecule has 3 rings (SSSR count). The summed E-state index contributed by atoms with van der Waals surface area (Å²) >= 11 is 0. The van der Waals surface area contributed by atoms with Crippen LogP contribution in [-0.4, -0.2) is 47.9 Å². The Balaban J connectivity index is 1.38.